The van der Waals surface area contributed by atoms with Crippen LogP contribution in [-0.2, 0) is 16.3 Å². The van der Waals surface area contributed by atoms with Crippen molar-refractivity contribution in [2.24, 2.45) is 51.8 Å². The third kappa shape index (κ3) is 4.91. The first kappa shape index (κ1) is 26.6. The van der Waals surface area contributed by atoms with Crippen LogP contribution in [0.15, 0.2) is 0 Å². The molecule has 10 atom stereocenters. The van der Waals surface area contributed by atoms with E-state index >= 15 is 0 Å². The summed E-state index contributed by atoms with van der Waals surface area (Å²) >= 11 is 4.56. The fourth-order valence-electron chi connectivity index (χ4n) is 10.2. The molecule has 0 bridgehead atoms. The van der Waals surface area contributed by atoms with Gasteiger partial charge in [-0.05, 0) is 121 Å². The zero-order chi connectivity index (χ0) is 24.2. The molecule has 1 N–H and O–H groups in total. The number of rotatable bonds is 7. The van der Waals surface area contributed by atoms with E-state index in [1.54, 1.807) is 0 Å². The molecule has 0 aromatic rings. The predicted molar refractivity (Wildman–Crippen MR) is 140 cm³/mol. The maximum atomic E-state index is 13.7. The fraction of sp³-hybridized carbons (Fsp3) is 1.00. The van der Waals surface area contributed by atoms with Gasteiger partial charge >= 0.3 is 6.80 Å². The molecule has 0 spiro atoms. The van der Waals surface area contributed by atoms with Crippen molar-refractivity contribution in [3.8, 4) is 0 Å². The van der Waals surface area contributed by atoms with Crippen LogP contribution in [0.2, 0.25) is 0 Å². The van der Waals surface area contributed by atoms with Crippen molar-refractivity contribution < 1.29 is 13.6 Å². The van der Waals surface area contributed by atoms with Gasteiger partial charge in [-0.25, -0.2) is 0 Å². The van der Waals surface area contributed by atoms with Gasteiger partial charge in [-0.15, -0.1) is 0 Å². The third-order valence-electron chi connectivity index (χ3n) is 11.7. The average molecular weight is 501 g/mol. The first-order valence-electron chi connectivity index (χ1n) is 14.0. The molecule has 2 nitrogen and oxygen atoms in total. The largest absolute Gasteiger partial charge is 0.363 e. The lowest BCUT2D eigenvalue weighted by molar-refractivity contribution is -0.175. The maximum Gasteiger partial charge on any atom is 0.363 e. The van der Waals surface area contributed by atoms with E-state index in [2.05, 4.69) is 53.3 Å². The highest BCUT2D eigenvalue weighted by molar-refractivity contribution is 8.06. The van der Waals surface area contributed by atoms with E-state index in [9.17, 15) is 9.09 Å². The zero-order valence-corrected chi connectivity index (χ0v) is 23.8. The SMILES string of the molecule is CC(C)CCC[C@@H](C)[C@H]1CCC2[C@]3(C)CCC4C[C@@H](OP(O)(F)=S)CC[C@]4(C)C3CC[C@@]21C. The lowest BCUT2D eigenvalue weighted by atomic mass is 9.39. The second-order valence-corrected chi connectivity index (χ2v) is 16.3. The van der Waals surface area contributed by atoms with E-state index in [1.807, 2.05) is 0 Å². The summed E-state index contributed by atoms with van der Waals surface area (Å²) in [5, 5.41) is 0. The van der Waals surface area contributed by atoms with E-state index in [4.69, 9.17) is 4.52 Å². The molecular weight excluding hydrogens is 450 g/mol. The highest BCUT2D eigenvalue weighted by Gasteiger charge is 2.65. The van der Waals surface area contributed by atoms with Crippen molar-refractivity contribution in [3.05, 3.63) is 0 Å². The van der Waals surface area contributed by atoms with Crippen molar-refractivity contribution >= 4 is 18.6 Å². The molecule has 0 aromatic heterocycles. The highest BCUT2D eigenvalue weighted by atomic mass is 32.5. The van der Waals surface area contributed by atoms with Crippen LogP contribution >= 0.6 is 6.80 Å². The second kappa shape index (κ2) is 9.42. The number of fused-ring (bicyclic) bond motifs is 5. The smallest absolute Gasteiger partial charge is 0.321 e. The Bertz CT molecular complexity index is 754. The molecule has 5 heteroatoms. The van der Waals surface area contributed by atoms with Gasteiger partial charge in [0.2, 0.25) is 0 Å². The van der Waals surface area contributed by atoms with Gasteiger partial charge in [-0.3, -0.25) is 0 Å². The Morgan fingerprint density at radius 2 is 1.55 bits per heavy atom. The number of hydrogen-bond donors (Lipinski definition) is 1. The molecule has 0 amide bonds. The Morgan fingerprint density at radius 1 is 0.909 bits per heavy atom. The van der Waals surface area contributed by atoms with Crippen molar-refractivity contribution in [1.29, 1.82) is 0 Å². The lowest BCUT2D eigenvalue weighted by Gasteiger charge is -2.66. The Balaban J connectivity index is 1.48. The molecule has 4 rings (SSSR count). The summed E-state index contributed by atoms with van der Waals surface area (Å²) in [7, 11) is 0. The molecule has 33 heavy (non-hydrogen) atoms. The van der Waals surface area contributed by atoms with E-state index in [-0.39, 0.29) is 6.10 Å². The molecule has 4 saturated carbocycles. The van der Waals surface area contributed by atoms with Gasteiger partial charge in [0.1, 0.15) is 0 Å². The maximum absolute atomic E-state index is 13.7. The van der Waals surface area contributed by atoms with Gasteiger partial charge in [0, 0.05) is 0 Å². The highest BCUT2D eigenvalue weighted by Crippen LogP contribution is 2.73. The molecule has 192 valence electrons. The molecule has 4 unspecified atom stereocenters. The van der Waals surface area contributed by atoms with Crippen molar-refractivity contribution in [2.75, 3.05) is 0 Å². The molecule has 0 aromatic carbocycles. The Labute approximate surface area is 208 Å². The number of hydrogen-bond acceptors (Lipinski definition) is 2. The van der Waals surface area contributed by atoms with Crippen LogP contribution in [0.4, 0.5) is 4.20 Å². The summed E-state index contributed by atoms with van der Waals surface area (Å²) in [5.41, 5.74) is 1.26. The van der Waals surface area contributed by atoms with Crippen LogP contribution in [0.3, 0.4) is 0 Å². The van der Waals surface area contributed by atoms with Crippen LogP contribution in [0.5, 0.6) is 0 Å². The summed E-state index contributed by atoms with van der Waals surface area (Å²) in [6, 6.07) is 0. The minimum absolute atomic E-state index is 0.190. The minimum Gasteiger partial charge on any atom is -0.321 e. The Kier molecular flexibility index (Phi) is 7.58. The summed E-state index contributed by atoms with van der Waals surface area (Å²) in [4.78, 5) is 9.48. The molecular formula is C28H50FO2PS. The van der Waals surface area contributed by atoms with E-state index in [1.165, 1.54) is 57.8 Å². The van der Waals surface area contributed by atoms with Gasteiger partial charge in [-0.2, -0.15) is 4.20 Å². The second-order valence-electron chi connectivity index (χ2n) is 13.8. The fourth-order valence-corrected chi connectivity index (χ4v) is 11.1. The van der Waals surface area contributed by atoms with Crippen LogP contribution in [0, 0.1) is 51.8 Å². The molecule has 4 fully saturated rings. The van der Waals surface area contributed by atoms with Gasteiger partial charge in [-0.1, -0.05) is 60.8 Å². The molecule has 0 radical (unpaired) electrons. The van der Waals surface area contributed by atoms with Crippen molar-refractivity contribution in [3.63, 3.8) is 0 Å². The first-order valence-corrected chi connectivity index (χ1v) is 16.6. The average Bonchev–Trinajstić information content (AvgIpc) is 3.05. The van der Waals surface area contributed by atoms with Crippen molar-refractivity contribution in [2.45, 2.75) is 125 Å². The van der Waals surface area contributed by atoms with Gasteiger partial charge in [0.25, 0.3) is 0 Å². The van der Waals surface area contributed by atoms with Crippen LogP contribution in [0.25, 0.3) is 0 Å². The predicted octanol–water partition coefficient (Wildman–Crippen LogP) is 9.07. The minimum atomic E-state index is -4.07. The summed E-state index contributed by atoms with van der Waals surface area (Å²) in [6.07, 6.45) is 14.9. The monoisotopic (exact) mass is 500 g/mol. The Hall–Kier alpha value is 0.500. The van der Waals surface area contributed by atoms with Crippen LogP contribution in [-0.4, -0.2) is 11.0 Å². The molecule has 0 saturated heterocycles. The first-order chi connectivity index (χ1) is 15.3. The summed E-state index contributed by atoms with van der Waals surface area (Å²) in [6.45, 7) is 11.1. The lowest BCUT2D eigenvalue weighted by Crippen LogP contribution is -2.59. The topological polar surface area (TPSA) is 29.5 Å². The molecule has 0 heterocycles. The summed E-state index contributed by atoms with van der Waals surface area (Å²) < 4.78 is 19.0. The normalized spacial score (nSPS) is 48.0. The third-order valence-corrected chi connectivity index (χ3v) is 12.5. The van der Waals surface area contributed by atoms with Gasteiger partial charge < -0.3 is 9.42 Å². The van der Waals surface area contributed by atoms with Crippen LogP contribution < -0.4 is 0 Å². The number of halogens is 1. The van der Waals surface area contributed by atoms with E-state index < -0.39 is 6.80 Å². The van der Waals surface area contributed by atoms with E-state index in [0.717, 1.165) is 48.9 Å². The standard InChI is InChI=1S/C28H50FO2PS/c1-19(2)8-7-9-20(3)23-10-11-24-27(23,5)17-14-25-26(4)16-13-22(31-32(29,30)33)18-21(26)12-15-28(24,25)6/h19-25H,7-18H2,1-6H3,(H,30,33)/t20-,21?,22+,23-,24?,25?,26+,27-,28+,32?/m1/s1. The van der Waals surface area contributed by atoms with Crippen LogP contribution in [0.1, 0.15) is 119 Å². The van der Waals surface area contributed by atoms with Gasteiger partial charge in [0.05, 0.1) is 6.10 Å². The summed E-state index contributed by atoms with van der Waals surface area (Å²) in [5.74, 6) is 4.75. The zero-order valence-electron chi connectivity index (χ0n) is 22.1. The van der Waals surface area contributed by atoms with Gasteiger partial charge in [0.15, 0.2) is 0 Å². The molecule has 4 aliphatic rings. The van der Waals surface area contributed by atoms with Crippen molar-refractivity contribution in [1.82, 2.24) is 0 Å². The Morgan fingerprint density at radius 3 is 2.21 bits per heavy atom. The molecule has 0 aliphatic heterocycles. The molecule has 4 aliphatic carbocycles. The quantitative estimate of drug-likeness (QED) is 0.354. The van der Waals surface area contributed by atoms with E-state index in [0.29, 0.717) is 22.2 Å².